The molecule has 0 bridgehead atoms. The summed E-state index contributed by atoms with van der Waals surface area (Å²) < 4.78 is 0. The van der Waals surface area contributed by atoms with E-state index in [1.54, 1.807) is 0 Å². The van der Waals surface area contributed by atoms with Gasteiger partial charge in [0.1, 0.15) is 5.82 Å². The van der Waals surface area contributed by atoms with E-state index in [0.717, 1.165) is 24.0 Å². The highest BCUT2D eigenvalue weighted by molar-refractivity contribution is 4.98. The molecule has 1 aromatic rings. The second kappa shape index (κ2) is 5.65. The zero-order valence-electron chi connectivity index (χ0n) is 11.2. The zero-order valence-corrected chi connectivity index (χ0v) is 11.2. The molecule has 0 amide bonds. The van der Waals surface area contributed by atoms with Gasteiger partial charge in [0.2, 0.25) is 0 Å². The lowest BCUT2D eigenvalue weighted by molar-refractivity contribution is 0.162. The number of nitrogens with zero attached hydrogens (tertiary/aromatic N) is 3. The molecule has 1 aliphatic rings. The lowest BCUT2D eigenvalue weighted by Gasteiger charge is -2.32. The number of H-pyrrole nitrogens is 1. The number of hydrogen-bond acceptors (Lipinski definition) is 3. The maximum atomic E-state index is 4.36. The molecule has 0 aromatic carbocycles. The van der Waals surface area contributed by atoms with Crippen molar-refractivity contribution in [1.29, 1.82) is 0 Å². The van der Waals surface area contributed by atoms with E-state index in [4.69, 9.17) is 0 Å². The van der Waals surface area contributed by atoms with E-state index in [2.05, 4.69) is 33.9 Å². The summed E-state index contributed by atoms with van der Waals surface area (Å²) in [6, 6.07) is 0. The highest BCUT2D eigenvalue weighted by Gasteiger charge is 2.18. The SMILES string of the molecule is Cc1cnc(CN(C)C[C@H]2CCCN(C)C2)[nH]1. The Morgan fingerprint density at radius 1 is 1.59 bits per heavy atom. The first kappa shape index (κ1) is 12.6. The normalized spacial score (nSPS) is 22.2. The fourth-order valence-corrected chi connectivity index (χ4v) is 2.73. The minimum atomic E-state index is 0.815. The number of aromatic amines is 1. The highest BCUT2D eigenvalue weighted by Crippen LogP contribution is 2.16. The lowest BCUT2D eigenvalue weighted by atomic mass is 9.98. The quantitative estimate of drug-likeness (QED) is 0.860. The monoisotopic (exact) mass is 236 g/mol. The first-order valence-electron chi connectivity index (χ1n) is 6.51. The Kier molecular flexibility index (Phi) is 4.18. The van der Waals surface area contributed by atoms with Crippen LogP contribution in [0.1, 0.15) is 24.4 Å². The summed E-state index contributed by atoms with van der Waals surface area (Å²) in [6.07, 6.45) is 4.61. The summed E-state index contributed by atoms with van der Waals surface area (Å²) >= 11 is 0. The van der Waals surface area contributed by atoms with Crippen LogP contribution in [-0.2, 0) is 6.54 Å². The predicted molar refractivity (Wildman–Crippen MR) is 69.9 cm³/mol. The van der Waals surface area contributed by atoms with Crippen molar-refractivity contribution < 1.29 is 0 Å². The molecule has 4 heteroatoms. The van der Waals surface area contributed by atoms with E-state index in [9.17, 15) is 0 Å². The summed E-state index contributed by atoms with van der Waals surface area (Å²) in [6.45, 7) is 6.64. The molecule has 2 heterocycles. The third-order valence-corrected chi connectivity index (χ3v) is 3.47. The molecule has 1 atom stereocenters. The van der Waals surface area contributed by atoms with Crippen molar-refractivity contribution in [3.05, 3.63) is 17.7 Å². The molecule has 0 spiro atoms. The van der Waals surface area contributed by atoms with Crippen molar-refractivity contribution in [1.82, 2.24) is 19.8 Å². The molecule has 17 heavy (non-hydrogen) atoms. The Bertz CT molecular complexity index is 347. The van der Waals surface area contributed by atoms with Crippen molar-refractivity contribution in [3.8, 4) is 0 Å². The Labute approximate surface area is 104 Å². The number of aryl methyl sites for hydroxylation is 1. The average molecular weight is 236 g/mol. The molecule has 0 aliphatic carbocycles. The molecule has 96 valence electrons. The van der Waals surface area contributed by atoms with Crippen LogP contribution >= 0.6 is 0 Å². The second-order valence-corrected chi connectivity index (χ2v) is 5.48. The molecule has 1 aromatic heterocycles. The molecule has 0 unspecified atom stereocenters. The Hall–Kier alpha value is -0.870. The van der Waals surface area contributed by atoms with Gasteiger partial charge in [-0.2, -0.15) is 0 Å². The van der Waals surface area contributed by atoms with Crippen molar-refractivity contribution in [2.75, 3.05) is 33.7 Å². The fourth-order valence-electron chi connectivity index (χ4n) is 2.73. The van der Waals surface area contributed by atoms with Gasteiger partial charge in [0.25, 0.3) is 0 Å². The molecule has 1 N–H and O–H groups in total. The number of aromatic nitrogens is 2. The van der Waals surface area contributed by atoms with Gasteiger partial charge in [0.05, 0.1) is 6.54 Å². The largest absolute Gasteiger partial charge is 0.345 e. The average Bonchev–Trinajstić information content (AvgIpc) is 2.63. The van der Waals surface area contributed by atoms with E-state index in [1.165, 1.54) is 32.5 Å². The number of hydrogen-bond donors (Lipinski definition) is 1. The maximum absolute atomic E-state index is 4.36. The van der Waals surface area contributed by atoms with Gasteiger partial charge in [0.15, 0.2) is 0 Å². The first-order valence-corrected chi connectivity index (χ1v) is 6.51. The number of piperidine rings is 1. The predicted octanol–water partition coefficient (Wildman–Crippen LogP) is 1.49. The third-order valence-electron chi connectivity index (χ3n) is 3.47. The summed E-state index contributed by atoms with van der Waals surface area (Å²) in [5.41, 5.74) is 1.14. The van der Waals surface area contributed by atoms with Crippen LogP contribution in [0, 0.1) is 12.8 Å². The topological polar surface area (TPSA) is 35.2 Å². The van der Waals surface area contributed by atoms with E-state index < -0.39 is 0 Å². The van der Waals surface area contributed by atoms with Crippen LogP contribution in [0.25, 0.3) is 0 Å². The van der Waals surface area contributed by atoms with Crippen LogP contribution < -0.4 is 0 Å². The minimum absolute atomic E-state index is 0.815. The van der Waals surface area contributed by atoms with E-state index in [-0.39, 0.29) is 0 Å². The van der Waals surface area contributed by atoms with E-state index in [0.29, 0.717) is 0 Å². The standard InChI is InChI=1S/C13H24N4/c1-11-7-14-13(15-11)10-17(3)9-12-5-4-6-16(2)8-12/h7,12H,4-6,8-10H2,1-3H3,(H,14,15)/t12-/m0/s1. The summed E-state index contributed by atoms with van der Waals surface area (Å²) in [7, 11) is 4.41. The number of rotatable bonds is 4. The van der Waals surface area contributed by atoms with Crippen molar-refractivity contribution in [3.63, 3.8) is 0 Å². The van der Waals surface area contributed by atoms with Crippen LogP contribution in [0.5, 0.6) is 0 Å². The van der Waals surface area contributed by atoms with Crippen LogP contribution in [0.3, 0.4) is 0 Å². The lowest BCUT2D eigenvalue weighted by Crippen LogP contribution is -2.37. The van der Waals surface area contributed by atoms with Gasteiger partial charge in [-0.25, -0.2) is 4.98 Å². The van der Waals surface area contributed by atoms with Gasteiger partial charge >= 0.3 is 0 Å². The smallest absolute Gasteiger partial charge is 0.120 e. The molecular weight excluding hydrogens is 212 g/mol. The molecule has 1 aliphatic heterocycles. The van der Waals surface area contributed by atoms with Gasteiger partial charge in [-0.3, -0.25) is 4.90 Å². The Morgan fingerprint density at radius 3 is 3.06 bits per heavy atom. The summed E-state index contributed by atoms with van der Waals surface area (Å²) in [5, 5.41) is 0. The molecule has 1 saturated heterocycles. The minimum Gasteiger partial charge on any atom is -0.345 e. The molecule has 4 nitrogen and oxygen atoms in total. The van der Waals surface area contributed by atoms with Crippen LogP contribution in [-0.4, -0.2) is 53.5 Å². The zero-order chi connectivity index (χ0) is 12.3. The van der Waals surface area contributed by atoms with Crippen LogP contribution in [0.2, 0.25) is 0 Å². The fraction of sp³-hybridized carbons (Fsp3) is 0.769. The second-order valence-electron chi connectivity index (χ2n) is 5.48. The first-order chi connectivity index (χ1) is 8.13. The van der Waals surface area contributed by atoms with Gasteiger partial charge < -0.3 is 9.88 Å². The molecular formula is C13H24N4. The molecule has 0 saturated carbocycles. The van der Waals surface area contributed by atoms with Crippen molar-refractivity contribution >= 4 is 0 Å². The highest BCUT2D eigenvalue weighted by atomic mass is 15.1. The van der Waals surface area contributed by atoms with Crippen LogP contribution in [0.15, 0.2) is 6.20 Å². The number of imidazole rings is 1. The Balaban J connectivity index is 1.78. The third kappa shape index (κ3) is 3.82. The van der Waals surface area contributed by atoms with E-state index in [1.807, 2.05) is 13.1 Å². The van der Waals surface area contributed by atoms with Gasteiger partial charge in [-0.05, 0) is 46.3 Å². The Morgan fingerprint density at radius 2 is 2.41 bits per heavy atom. The molecule has 0 radical (unpaired) electrons. The molecule has 2 rings (SSSR count). The van der Waals surface area contributed by atoms with Crippen LogP contribution in [0.4, 0.5) is 0 Å². The van der Waals surface area contributed by atoms with Gasteiger partial charge in [-0.15, -0.1) is 0 Å². The number of nitrogens with one attached hydrogen (secondary N) is 1. The van der Waals surface area contributed by atoms with Crippen molar-refractivity contribution in [2.24, 2.45) is 5.92 Å². The maximum Gasteiger partial charge on any atom is 0.120 e. The number of likely N-dealkylation sites (tertiary alicyclic amines) is 1. The van der Waals surface area contributed by atoms with Crippen molar-refractivity contribution in [2.45, 2.75) is 26.3 Å². The molecule has 1 fully saturated rings. The summed E-state index contributed by atoms with van der Waals surface area (Å²) in [5.74, 6) is 1.89. The van der Waals surface area contributed by atoms with E-state index >= 15 is 0 Å². The van der Waals surface area contributed by atoms with Gasteiger partial charge in [-0.1, -0.05) is 0 Å². The summed E-state index contributed by atoms with van der Waals surface area (Å²) in [4.78, 5) is 12.5. The van der Waals surface area contributed by atoms with Gasteiger partial charge in [0, 0.05) is 25.0 Å².